The highest BCUT2D eigenvalue weighted by Crippen LogP contribution is 2.34. The summed E-state index contributed by atoms with van der Waals surface area (Å²) >= 11 is 9.24. The fourth-order valence-electron chi connectivity index (χ4n) is 2.27. The van der Waals surface area contributed by atoms with Gasteiger partial charge in [-0.1, -0.05) is 17.7 Å². The van der Waals surface area contributed by atoms with E-state index in [2.05, 4.69) is 31.1 Å². The molecule has 2 aromatic heterocycles. The summed E-state index contributed by atoms with van der Waals surface area (Å²) in [5.74, 6) is -1.06. The minimum atomic E-state index is -0.706. The number of ether oxygens (including phenoxy) is 1. The van der Waals surface area contributed by atoms with Crippen LogP contribution in [0.3, 0.4) is 0 Å². The van der Waals surface area contributed by atoms with Gasteiger partial charge >= 0.3 is 0 Å². The van der Waals surface area contributed by atoms with Crippen molar-refractivity contribution < 1.29 is 9.13 Å². The Hall–Kier alpha value is -2.45. The number of aryl methyl sites for hydroxylation is 1. The Bertz CT molecular complexity index is 1100. The largest absolute Gasteiger partial charge is 0.447 e. The van der Waals surface area contributed by atoms with Crippen LogP contribution < -0.4 is 15.9 Å². The maximum Gasteiger partial charge on any atom is 0.291 e. The lowest BCUT2D eigenvalue weighted by Crippen LogP contribution is -2.13. The van der Waals surface area contributed by atoms with E-state index in [1.807, 2.05) is 0 Å². The van der Waals surface area contributed by atoms with Gasteiger partial charge in [-0.05, 0) is 40.5 Å². The summed E-state index contributed by atoms with van der Waals surface area (Å²) in [6, 6.07) is 5.96. The lowest BCUT2D eigenvalue weighted by molar-refractivity contribution is 0.433. The quantitative estimate of drug-likeness (QED) is 0.647. The summed E-state index contributed by atoms with van der Waals surface area (Å²) in [4.78, 5) is 25.7. The van der Waals surface area contributed by atoms with Crippen molar-refractivity contribution in [3.63, 3.8) is 0 Å². The van der Waals surface area contributed by atoms with E-state index in [4.69, 9.17) is 16.3 Å². The van der Waals surface area contributed by atoms with Gasteiger partial charge < -0.3 is 9.72 Å². The third-order valence-electron chi connectivity index (χ3n) is 3.59. The van der Waals surface area contributed by atoms with Gasteiger partial charge in [0.05, 0.1) is 10.7 Å². The van der Waals surface area contributed by atoms with Gasteiger partial charge in [-0.15, -0.1) is 0 Å². The molecule has 0 fully saturated rings. The molecule has 0 aliphatic carbocycles. The summed E-state index contributed by atoms with van der Waals surface area (Å²) in [5, 5.41) is 6.27. The summed E-state index contributed by atoms with van der Waals surface area (Å²) in [6.07, 6.45) is 1.56. The van der Waals surface area contributed by atoms with Crippen LogP contribution in [0.1, 0.15) is 16.8 Å². The fourth-order valence-corrected chi connectivity index (χ4v) is 2.78. The number of aromatic nitrogens is 3. The molecule has 2 N–H and O–H groups in total. The van der Waals surface area contributed by atoms with Crippen LogP contribution in [0, 0.1) is 12.7 Å². The second kappa shape index (κ2) is 7.43. The number of H-pyrrole nitrogens is 2. The first-order valence-corrected chi connectivity index (χ1v) is 8.60. The predicted molar refractivity (Wildman–Crippen MR) is 98.6 cm³/mol. The molecule has 0 radical (unpaired) electrons. The monoisotopic (exact) mass is 439 g/mol. The highest BCUT2D eigenvalue weighted by Gasteiger charge is 2.17. The minimum Gasteiger partial charge on any atom is -0.447 e. The van der Waals surface area contributed by atoms with Crippen LogP contribution >= 0.6 is 27.5 Å². The maximum absolute atomic E-state index is 14.9. The van der Waals surface area contributed by atoms with Gasteiger partial charge in [-0.25, -0.2) is 9.49 Å². The smallest absolute Gasteiger partial charge is 0.291 e. The Balaban J connectivity index is 1.98. The summed E-state index contributed by atoms with van der Waals surface area (Å²) in [6.45, 7) is 1.64. The number of nitrogens with zero attached hydrogens (tertiary/aromatic N) is 1. The molecule has 0 aliphatic rings. The van der Waals surface area contributed by atoms with E-state index in [1.54, 1.807) is 13.0 Å². The third-order valence-corrected chi connectivity index (χ3v) is 4.34. The van der Waals surface area contributed by atoms with E-state index in [9.17, 15) is 14.0 Å². The highest BCUT2D eigenvalue weighted by atomic mass is 79.9. The Morgan fingerprint density at radius 1 is 1.27 bits per heavy atom. The lowest BCUT2D eigenvalue weighted by Gasteiger charge is -2.11. The summed E-state index contributed by atoms with van der Waals surface area (Å²) in [7, 11) is 0. The molecule has 0 saturated heterocycles. The summed E-state index contributed by atoms with van der Waals surface area (Å²) < 4.78 is 20.9. The van der Waals surface area contributed by atoms with Crippen LogP contribution in [0.2, 0.25) is 5.02 Å². The number of hydrogen-bond acceptors (Lipinski definition) is 4. The number of aromatic amines is 2. The van der Waals surface area contributed by atoms with E-state index in [1.165, 1.54) is 24.4 Å². The molecule has 0 aliphatic heterocycles. The molecule has 0 bridgehead atoms. The van der Waals surface area contributed by atoms with E-state index >= 15 is 0 Å². The Morgan fingerprint density at radius 2 is 2.04 bits per heavy atom. The minimum absolute atomic E-state index is 0.0243. The Labute approximate surface area is 160 Å². The molecule has 134 valence electrons. The molecule has 0 spiro atoms. The molecule has 3 rings (SSSR count). The number of benzene rings is 1. The van der Waals surface area contributed by atoms with Gasteiger partial charge in [0.25, 0.3) is 11.1 Å². The van der Waals surface area contributed by atoms with Gasteiger partial charge in [0, 0.05) is 28.7 Å². The second-order valence-electron chi connectivity index (χ2n) is 5.51. The van der Waals surface area contributed by atoms with Gasteiger partial charge in [0.1, 0.15) is 0 Å². The van der Waals surface area contributed by atoms with Crippen LogP contribution in [0.25, 0.3) is 0 Å². The average Bonchev–Trinajstić information content (AvgIpc) is 2.60. The lowest BCUT2D eigenvalue weighted by atomic mass is 10.1. The van der Waals surface area contributed by atoms with Crippen molar-refractivity contribution >= 4 is 27.5 Å². The van der Waals surface area contributed by atoms with Crippen molar-refractivity contribution in [2.45, 2.75) is 13.3 Å². The van der Waals surface area contributed by atoms with Crippen molar-refractivity contribution in [1.29, 1.82) is 0 Å². The molecule has 0 unspecified atom stereocenters. The van der Waals surface area contributed by atoms with Crippen molar-refractivity contribution in [2.24, 2.45) is 0 Å². The molecule has 1 aromatic carbocycles. The summed E-state index contributed by atoms with van der Waals surface area (Å²) in [5.41, 5.74) is 0.390. The zero-order valence-electron chi connectivity index (χ0n) is 13.4. The van der Waals surface area contributed by atoms with Gasteiger partial charge in [0.2, 0.25) is 0 Å². The van der Waals surface area contributed by atoms with Crippen LogP contribution in [0.4, 0.5) is 4.39 Å². The molecule has 0 atom stereocenters. The molecular formula is C17H12BrClFN3O3. The zero-order chi connectivity index (χ0) is 18.8. The number of halogens is 3. The number of rotatable bonds is 4. The van der Waals surface area contributed by atoms with Crippen molar-refractivity contribution in [3.8, 4) is 11.5 Å². The molecule has 0 amide bonds. The highest BCUT2D eigenvalue weighted by molar-refractivity contribution is 9.10. The SMILES string of the molecule is Cc1cc(Cc2ccc(Cl)c(Oc3cc(Br)c[nH]c3=O)c2F)n[nH]c1=O. The van der Waals surface area contributed by atoms with Crippen LogP contribution in [0.5, 0.6) is 11.5 Å². The van der Waals surface area contributed by atoms with Crippen molar-refractivity contribution in [2.75, 3.05) is 0 Å². The number of hydrogen-bond donors (Lipinski definition) is 2. The van der Waals surface area contributed by atoms with E-state index < -0.39 is 11.4 Å². The van der Waals surface area contributed by atoms with E-state index in [0.29, 0.717) is 15.7 Å². The standard InChI is InChI=1S/C17H12BrClFN3O3/c1-8-4-11(22-23-16(8)24)5-9-2-3-12(19)15(14(9)20)26-13-6-10(18)7-21-17(13)25/h2-4,6-7H,5H2,1H3,(H,21,25)(H,23,24). The maximum atomic E-state index is 14.9. The topological polar surface area (TPSA) is 87.8 Å². The van der Waals surface area contributed by atoms with Gasteiger partial charge in [0.15, 0.2) is 17.3 Å². The van der Waals surface area contributed by atoms with Crippen molar-refractivity contribution in [3.05, 3.63) is 83.3 Å². The molecule has 26 heavy (non-hydrogen) atoms. The molecular weight excluding hydrogens is 429 g/mol. The molecule has 0 saturated carbocycles. The van der Waals surface area contributed by atoms with Crippen LogP contribution in [-0.2, 0) is 6.42 Å². The zero-order valence-corrected chi connectivity index (χ0v) is 15.7. The first-order valence-electron chi connectivity index (χ1n) is 7.43. The average molecular weight is 441 g/mol. The predicted octanol–water partition coefficient (Wildman–Crippen LogP) is 3.70. The third kappa shape index (κ3) is 3.86. The first-order chi connectivity index (χ1) is 12.3. The fraction of sp³-hybridized carbons (Fsp3) is 0.118. The Morgan fingerprint density at radius 3 is 2.77 bits per heavy atom. The molecule has 6 nitrogen and oxygen atoms in total. The second-order valence-corrected chi connectivity index (χ2v) is 6.83. The van der Waals surface area contributed by atoms with E-state index in [-0.39, 0.29) is 34.1 Å². The normalized spacial score (nSPS) is 10.8. The van der Waals surface area contributed by atoms with E-state index in [0.717, 1.165) is 0 Å². The van der Waals surface area contributed by atoms with Gasteiger partial charge in [-0.2, -0.15) is 5.10 Å². The number of pyridine rings is 1. The molecule has 9 heteroatoms. The van der Waals surface area contributed by atoms with Gasteiger partial charge in [-0.3, -0.25) is 9.59 Å². The Kier molecular flexibility index (Phi) is 5.24. The van der Waals surface area contributed by atoms with Crippen LogP contribution in [-0.4, -0.2) is 15.2 Å². The van der Waals surface area contributed by atoms with Crippen molar-refractivity contribution in [1.82, 2.24) is 15.2 Å². The van der Waals surface area contributed by atoms with Crippen LogP contribution in [0.15, 0.2) is 44.5 Å². The first kappa shape index (κ1) is 18.3. The molecule has 3 aromatic rings. The molecule has 2 heterocycles. The number of nitrogens with one attached hydrogen (secondary N) is 2.